The lowest BCUT2D eigenvalue weighted by Crippen LogP contribution is -2.20. The lowest BCUT2D eigenvalue weighted by molar-refractivity contribution is 0.171. The van der Waals surface area contributed by atoms with Crippen LogP contribution < -0.4 is 14.3 Å². The van der Waals surface area contributed by atoms with E-state index in [1.54, 1.807) is 37.3 Å². The number of fused-ring (bicyclic) bond motifs is 1. The van der Waals surface area contributed by atoms with Gasteiger partial charge in [-0.1, -0.05) is 15.9 Å². The van der Waals surface area contributed by atoms with Crippen molar-refractivity contribution in [1.29, 1.82) is 0 Å². The summed E-state index contributed by atoms with van der Waals surface area (Å²) in [5.74, 6) is 1.30. The lowest BCUT2D eigenvalue weighted by atomic mass is 10.1. The predicted molar refractivity (Wildman–Crippen MR) is 94.1 cm³/mol. The van der Waals surface area contributed by atoms with Crippen LogP contribution >= 0.6 is 15.9 Å². The molecule has 0 atom stereocenters. The number of sulfonamides is 1. The first kappa shape index (κ1) is 16.8. The SMILES string of the molecule is C/C(=N\NS(=O)(=O)c1ccc(Br)cc1)c1ccc2c(c1)OCCO2. The van der Waals surface area contributed by atoms with E-state index in [9.17, 15) is 8.42 Å². The van der Waals surface area contributed by atoms with Crippen LogP contribution in [-0.2, 0) is 10.0 Å². The summed E-state index contributed by atoms with van der Waals surface area (Å²) in [6.45, 7) is 2.73. The summed E-state index contributed by atoms with van der Waals surface area (Å²) in [5.41, 5.74) is 1.27. The largest absolute Gasteiger partial charge is 0.486 e. The fourth-order valence-electron chi connectivity index (χ4n) is 2.13. The molecular formula is C16H15BrN2O4S. The van der Waals surface area contributed by atoms with E-state index in [0.29, 0.717) is 30.4 Å². The van der Waals surface area contributed by atoms with Crippen LogP contribution in [0.5, 0.6) is 11.5 Å². The Morgan fingerprint density at radius 1 is 1.08 bits per heavy atom. The molecule has 0 aliphatic carbocycles. The Hall–Kier alpha value is -2.06. The normalized spacial score (nSPS) is 14.3. The Bertz CT molecular complexity index is 879. The number of rotatable bonds is 4. The number of hydrogen-bond donors (Lipinski definition) is 1. The van der Waals surface area contributed by atoms with Crippen LogP contribution in [0, 0.1) is 0 Å². The van der Waals surface area contributed by atoms with Gasteiger partial charge in [-0.15, -0.1) is 0 Å². The highest BCUT2D eigenvalue weighted by Crippen LogP contribution is 2.30. The lowest BCUT2D eigenvalue weighted by Gasteiger charge is -2.18. The number of benzene rings is 2. The molecule has 0 unspecified atom stereocenters. The average molecular weight is 411 g/mol. The minimum absolute atomic E-state index is 0.143. The maximum Gasteiger partial charge on any atom is 0.276 e. The zero-order chi connectivity index (χ0) is 17.2. The standard InChI is InChI=1S/C16H15BrN2O4S/c1-11(12-2-7-15-16(10-12)23-9-8-22-15)18-19-24(20,21)14-5-3-13(17)4-6-14/h2-7,10,19H,8-9H2,1H3/b18-11+. The Morgan fingerprint density at radius 2 is 1.75 bits per heavy atom. The molecule has 1 heterocycles. The highest BCUT2D eigenvalue weighted by atomic mass is 79.9. The Kier molecular flexibility index (Phi) is 4.77. The molecule has 0 aromatic heterocycles. The minimum Gasteiger partial charge on any atom is -0.486 e. The molecule has 24 heavy (non-hydrogen) atoms. The van der Waals surface area contributed by atoms with Crippen molar-refractivity contribution in [3.63, 3.8) is 0 Å². The highest BCUT2D eigenvalue weighted by molar-refractivity contribution is 9.10. The van der Waals surface area contributed by atoms with E-state index in [2.05, 4.69) is 25.9 Å². The van der Waals surface area contributed by atoms with E-state index >= 15 is 0 Å². The predicted octanol–water partition coefficient (Wildman–Crippen LogP) is 2.92. The Labute approximate surface area is 148 Å². The van der Waals surface area contributed by atoms with Crippen LogP contribution in [0.4, 0.5) is 0 Å². The van der Waals surface area contributed by atoms with Gasteiger partial charge in [-0.3, -0.25) is 0 Å². The second-order valence-corrected chi connectivity index (χ2v) is 7.68. The second-order valence-electron chi connectivity index (χ2n) is 5.10. The van der Waals surface area contributed by atoms with Crippen LogP contribution in [0.2, 0.25) is 0 Å². The Morgan fingerprint density at radius 3 is 2.46 bits per heavy atom. The topological polar surface area (TPSA) is 77.0 Å². The summed E-state index contributed by atoms with van der Waals surface area (Å²) in [6.07, 6.45) is 0. The number of nitrogens with one attached hydrogen (secondary N) is 1. The van der Waals surface area contributed by atoms with Gasteiger partial charge in [0.05, 0.1) is 10.6 Å². The van der Waals surface area contributed by atoms with Gasteiger partial charge in [0.1, 0.15) is 13.2 Å². The van der Waals surface area contributed by atoms with E-state index < -0.39 is 10.0 Å². The summed E-state index contributed by atoms with van der Waals surface area (Å²) < 4.78 is 36.2. The first-order valence-corrected chi connectivity index (χ1v) is 9.45. The third-order valence-electron chi connectivity index (χ3n) is 3.42. The summed E-state index contributed by atoms with van der Waals surface area (Å²) in [5, 5.41) is 3.98. The van der Waals surface area contributed by atoms with Crippen molar-refractivity contribution in [2.75, 3.05) is 13.2 Å². The maximum atomic E-state index is 12.2. The van der Waals surface area contributed by atoms with Crippen molar-refractivity contribution in [3.05, 3.63) is 52.5 Å². The maximum absolute atomic E-state index is 12.2. The van der Waals surface area contributed by atoms with Gasteiger partial charge in [-0.25, -0.2) is 0 Å². The van der Waals surface area contributed by atoms with Gasteiger partial charge in [0.2, 0.25) is 0 Å². The van der Waals surface area contributed by atoms with Crippen molar-refractivity contribution in [3.8, 4) is 11.5 Å². The molecule has 8 heteroatoms. The zero-order valence-electron chi connectivity index (χ0n) is 12.8. The van der Waals surface area contributed by atoms with Gasteiger partial charge in [0, 0.05) is 10.0 Å². The number of hydrazone groups is 1. The van der Waals surface area contributed by atoms with Crippen LogP contribution in [0.25, 0.3) is 0 Å². The third kappa shape index (κ3) is 3.70. The summed E-state index contributed by atoms with van der Waals surface area (Å²) in [7, 11) is -3.71. The molecule has 0 saturated carbocycles. The average Bonchev–Trinajstić information content (AvgIpc) is 2.59. The summed E-state index contributed by atoms with van der Waals surface area (Å²) in [6, 6.07) is 11.7. The molecule has 0 spiro atoms. The molecule has 2 aromatic rings. The molecule has 0 amide bonds. The van der Waals surface area contributed by atoms with E-state index in [-0.39, 0.29) is 4.90 Å². The van der Waals surface area contributed by atoms with Gasteiger partial charge in [0.25, 0.3) is 10.0 Å². The van der Waals surface area contributed by atoms with Crippen molar-refractivity contribution in [1.82, 2.24) is 4.83 Å². The van der Waals surface area contributed by atoms with Crippen molar-refractivity contribution < 1.29 is 17.9 Å². The van der Waals surface area contributed by atoms with Crippen LogP contribution in [0.3, 0.4) is 0 Å². The van der Waals surface area contributed by atoms with Gasteiger partial charge >= 0.3 is 0 Å². The monoisotopic (exact) mass is 410 g/mol. The fourth-order valence-corrected chi connectivity index (χ4v) is 3.25. The van der Waals surface area contributed by atoms with Gasteiger partial charge in [0.15, 0.2) is 11.5 Å². The number of ether oxygens (including phenoxy) is 2. The van der Waals surface area contributed by atoms with Gasteiger partial charge in [-0.05, 0) is 49.4 Å². The summed E-state index contributed by atoms with van der Waals surface area (Å²) in [4.78, 5) is 2.39. The second kappa shape index (κ2) is 6.82. The van der Waals surface area contributed by atoms with Crippen molar-refractivity contribution in [2.24, 2.45) is 5.10 Å². The number of halogens is 1. The minimum atomic E-state index is -3.71. The number of nitrogens with zero attached hydrogens (tertiary/aromatic N) is 1. The molecule has 6 nitrogen and oxygen atoms in total. The molecular weight excluding hydrogens is 396 g/mol. The quantitative estimate of drug-likeness (QED) is 0.620. The van der Waals surface area contributed by atoms with Crippen LogP contribution in [0.15, 0.2) is 56.9 Å². The third-order valence-corrected chi connectivity index (χ3v) is 5.17. The highest BCUT2D eigenvalue weighted by Gasteiger charge is 2.15. The molecule has 126 valence electrons. The summed E-state index contributed by atoms with van der Waals surface area (Å²) >= 11 is 3.27. The van der Waals surface area contributed by atoms with Crippen molar-refractivity contribution in [2.45, 2.75) is 11.8 Å². The molecule has 1 N–H and O–H groups in total. The van der Waals surface area contributed by atoms with E-state index in [4.69, 9.17) is 9.47 Å². The first-order valence-electron chi connectivity index (χ1n) is 7.17. The molecule has 1 aliphatic rings. The zero-order valence-corrected chi connectivity index (χ0v) is 15.2. The molecule has 0 saturated heterocycles. The molecule has 0 radical (unpaired) electrons. The van der Waals surface area contributed by atoms with Gasteiger partial charge in [-0.2, -0.15) is 18.4 Å². The van der Waals surface area contributed by atoms with E-state index in [1.165, 1.54) is 12.1 Å². The van der Waals surface area contributed by atoms with Crippen LogP contribution in [0.1, 0.15) is 12.5 Å². The molecule has 0 fully saturated rings. The van der Waals surface area contributed by atoms with Crippen molar-refractivity contribution >= 4 is 31.7 Å². The van der Waals surface area contributed by atoms with E-state index in [0.717, 1.165) is 10.0 Å². The molecule has 2 aromatic carbocycles. The fraction of sp³-hybridized carbons (Fsp3) is 0.188. The smallest absolute Gasteiger partial charge is 0.276 e. The molecule has 1 aliphatic heterocycles. The van der Waals surface area contributed by atoms with Gasteiger partial charge < -0.3 is 9.47 Å². The molecule has 0 bridgehead atoms. The van der Waals surface area contributed by atoms with Crippen LogP contribution in [-0.4, -0.2) is 27.3 Å². The Balaban J connectivity index is 1.79. The molecule has 3 rings (SSSR count). The van der Waals surface area contributed by atoms with E-state index in [1.807, 2.05) is 0 Å². The number of hydrogen-bond acceptors (Lipinski definition) is 5. The first-order chi connectivity index (χ1) is 11.5.